The van der Waals surface area contributed by atoms with Gasteiger partial charge >= 0.3 is 0 Å². The lowest BCUT2D eigenvalue weighted by Gasteiger charge is -2.43. The fraction of sp³-hybridized carbons (Fsp3) is 0.310. The Hall–Kier alpha value is -3.60. The van der Waals surface area contributed by atoms with Gasteiger partial charge < -0.3 is 14.5 Å². The second-order valence-corrected chi connectivity index (χ2v) is 8.77. The largest absolute Gasteiger partial charge is 0.497 e. The standard InChI is InChI=1S/C29H32N2O3/c1-4-5-18-28(32)31(23-13-7-6-8-14-23)27-19-21(2)30(26-17-10-9-16-25(26)27)29(33)22-12-11-15-24(20-22)34-3/h6-17,20-21,27H,4-5,18-19H2,1-3H3. The van der Waals surface area contributed by atoms with Gasteiger partial charge in [-0.15, -0.1) is 0 Å². The zero-order valence-electron chi connectivity index (χ0n) is 20.1. The topological polar surface area (TPSA) is 49.9 Å². The number of carbonyl (C=O) groups excluding carboxylic acids is 2. The molecule has 2 unspecified atom stereocenters. The van der Waals surface area contributed by atoms with E-state index >= 15 is 0 Å². The van der Waals surface area contributed by atoms with Crippen LogP contribution in [-0.4, -0.2) is 25.0 Å². The third-order valence-electron chi connectivity index (χ3n) is 6.45. The van der Waals surface area contributed by atoms with E-state index in [-0.39, 0.29) is 23.9 Å². The Morgan fingerprint density at radius 3 is 2.47 bits per heavy atom. The zero-order valence-corrected chi connectivity index (χ0v) is 20.1. The minimum Gasteiger partial charge on any atom is -0.497 e. The first-order valence-electron chi connectivity index (χ1n) is 12.0. The molecule has 34 heavy (non-hydrogen) atoms. The maximum Gasteiger partial charge on any atom is 0.258 e. The molecule has 0 radical (unpaired) electrons. The third-order valence-corrected chi connectivity index (χ3v) is 6.45. The Labute approximate surface area is 202 Å². The van der Waals surface area contributed by atoms with E-state index in [1.54, 1.807) is 13.2 Å². The Balaban J connectivity index is 1.76. The Morgan fingerprint density at radius 1 is 1.00 bits per heavy atom. The average molecular weight is 457 g/mol. The van der Waals surface area contributed by atoms with Gasteiger partial charge in [-0.3, -0.25) is 9.59 Å². The monoisotopic (exact) mass is 456 g/mol. The van der Waals surface area contributed by atoms with E-state index < -0.39 is 0 Å². The highest BCUT2D eigenvalue weighted by molar-refractivity contribution is 6.08. The number of unbranched alkanes of at least 4 members (excludes halogenated alkanes) is 1. The van der Waals surface area contributed by atoms with Crippen molar-refractivity contribution in [1.82, 2.24) is 0 Å². The summed E-state index contributed by atoms with van der Waals surface area (Å²) in [6.45, 7) is 4.15. The van der Waals surface area contributed by atoms with Gasteiger partial charge in [0.15, 0.2) is 0 Å². The number of methoxy groups -OCH3 is 1. The first-order valence-corrected chi connectivity index (χ1v) is 12.0. The summed E-state index contributed by atoms with van der Waals surface area (Å²) in [5.74, 6) is 0.701. The van der Waals surface area contributed by atoms with E-state index in [1.807, 2.05) is 82.6 Å². The van der Waals surface area contributed by atoms with Gasteiger partial charge in [-0.25, -0.2) is 0 Å². The molecule has 3 aromatic carbocycles. The lowest BCUT2D eigenvalue weighted by Crippen LogP contribution is -2.47. The van der Waals surface area contributed by atoms with Crippen LogP contribution in [-0.2, 0) is 4.79 Å². The van der Waals surface area contributed by atoms with Gasteiger partial charge in [0, 0.05) is 29.4 Å². The SMILES string of the molecule is CCCCC(=O)N(c1ccccc1)C1CC(C)N(C(=O)c2cccc(OC)c2)c2ccccc21. The van der Waals surface area contributed by atoms with Crippen molar-refractivity contribution in [1.29, 1.82) is 0 Å². The number of benzene rings is 3. The van der Waals surface area contributed by atoms with Crippen molar-refractivity contribution in [3.8, 4) is 5.75 Å². The summed E-state index contributed by atoms with van der Waals surface area (Å²) in [4.78, 5) is 30.9. The van der Waals surface area contributed by atoms with Crippen LogP contribution < -0.4 is 14.5 Å². The fourth-order valence-corrected chi connectivity index (χ4v) is 4.77. The van der Waals surface area contributed by atoms with Crippen molar-refractivity contribution in [3.63, 3.8) is 0 Å². The predicted molar refractivity (Wildman–Crippen MR) is 137 cm³/mol. The van der Waals surface area contributed by atoms with Gasteiger partial charge in [0.05, 0.1) is 13.2 Å². The Bertz CT molecular complexity index is 1140. The van der Waals surface area contributed by atoms with Crippen molar-refractivity contribution in [2.75, 3.05) is 16.9 Å². The van der Waals surface area contributed by atoms with Crippen molar-refractivity contribution >= 4 is 23.2 Å². The molecule has 5 nitrogen and oxygen atoms in total. The number of carbonyl (C=O) groups is 2. The smallest absolute Gasteiger partial charge is 0.258 e. The summed E-state index contributed by atoms with van der Waals surface area (Å²) >= 11 is 0. The number of hydrogen-bond donors (Lipinski definition) is 0. The minimum atomic E-state index is -0.146. The third kappa shape index (κ3) is 4.69. The maximum atomic E-state index is 13.7. The van der Waals surface area contributed by atoms with Gasteiger partial charge in [-0.2, -0.15) is 0 Å². The van der Waals surface area contributed by atoms with Gasteiger partial charge in [0.1, 0.15) is 5.75 Å². The van der Waals surface area contributed by atoms with Crippen LogP contribution in [0, 0.1) is 0 Å². The summed E-state index contributed by atoms with van der Waals surface area (Å²) in [5, 5.41) is 0. The number of para-hydroxylation sites is 2. The molecule has 0 saturated carbocycles. The summed E-state index contributed by atoms with van der Waals surface area (Å²) in [5.41, 5.74) is 3.32. The maximum absolute atomic E-state index is 13.7. The number of fused-ring (bicyclic) bond motifs is 1. The molecule has 1 aliphatic rings. The molecule has 176 valence electrons. The van der Waals surface area contributed by atoms with E-state index in [2.05, 4.69) is 13.8 Å². The molecule has 5 heteroatoms. The van der Waals surface area contributed by atoms with Crippen molar-refractivity contribution in [2.24, 2.45) is 0 Å². The molecular formula is C29H32N2O3. The molecule has 2 amide bonds. The summed E-state index contributed by atoms with van der Waals surface area (Å²) < 4.78 is 5.33. The molecule has 0 N–H and O–H groups in total. The molecule has 0 fully saturated rings. The summed E-state index contributed by atoms with van der Waals surface area (Å²) in [7, 11) is 1.60. The second kappa shape index (κ2) is 10.6. The van der Waals surface area contributed by atoms with Crippen LogP contribution in [0.5, 0.6) is 5.75 Å². The van der Waals surface area contributed by atoms with Gasteiger partial charge in [0.2, 0.25) is 5.91 Å². The molecule has 0 aromatic heterocycles. The quantitative estimate of drug-likeness (QED) is 0.413. The average Bonchev–Trinajstić information content (AvgIpc) is 2.88. The van der Waals surface area contributed by atoms with Gasteiger partial charge in [0.25, 0.3) is 5.91 Å². The van der Waals surface area contributed by atoms with E-state index in [0.29, 0.717) is 24.2 Å². The molecular weight excluding hydrogens is 424 g/mol. The molecule has 3 aromatic rings. The number of hydrogen-bond acceptors (Lipinski definition) is 3. The van der Waals surface area contributed by atoms with Crippen LogP contribution in [0.1, 0.15) is 61.5 Å². The second-order valence-electron chi connectivity index (χ2n) is 8.77. The molecule has 4 rings (SSSR count). The van der Waals surface area contributed by atoms with Crippen LogP contribution in [0.2, 0.25) is 0 Å². The normalized spacial score (nSPS) is 17.1. The summed E-state index contributed by atoms with van der Waals surface area (Å²) in [6.07, 6.45) is 2.98. The van der Waals surface area contributed by atoms with Crippen LogP contribution in [0.25, 0.3) is 0 Å². The molecule has 1 heterocycles. The van der Waals surface area contributed by atoms with Crippen molar-refractivity contribution < 1.29 is 14.3 Å². The molecule has 0 aliphatic carbocycles. The number of nitrogens with zero attached hydrogens (tertiary/aromatic N) is 2. The fourth-order valence-electron chi connectivity index (χ4n) is 4.77. The van der Waals surface area contributed by atoms with E-state index in [4.69, 9.17) is 4.74 Å². The number of anilines is 2. The molecule has 0 saturated heterocycles. The molecule has 1 aliphatic heterocycles. The van der Waals surface area contributed by atoms with E-state index in [1.165, 1.54) is 0 Å². The number of ether oxygens (including phenoxy) is 1. The van der Waals surface area contributed by atoms with Crippen molar-refractivity contribution in [2.45, 2.75) is 51.6 Å². The molecule has 2 atom stereocenters. The first kappa shape index (κ1) is 23.6. The lowest BCUT2D eigenvalue weighted by atomic mass is 9.89. The van der Waals surface area contributed by atoms with Crippen LogP contribution >= 0.6 is 0 Å². The highest BCUT2D eigenvalue weighted by Gasteiger charge is 2.38. The highest BCUT2D eigenvalue weighted by Crippen LogP contribution is 2.43. The predicted octanol–water partition coefficient (Wildman–Crippen LogP) is 6.40. The lowest BCUT2D eigenvalue weighted by molar-refractivity contribution is -0.119. The highest BCUT2D eigenvalue weighted by atomic mass is 16.5. The number of rotatable bonds is 7. The van der Waals surface area contributed by atoms with Crippen LogP contribution in [0.3, 0.4) is 0 Å². The Morgan fingerprint density at radius 2 is 1.74 bits per heavy atom. The molecule has 0 bridgehead atoms. The van der Waals surface area contributed by atoms with E-state index in [0.717, 1.165) is 29.8 Å². The summed E-state index contributed by atoms with van der Waals surface area (Å²) in [6, 6.07) is 24.8. The Kier molecular flexibility index (Phi) is 7.31. The van der Waals surface area contributed by atoms with Gasteiger partial charge in [-0.1, -0.05) is 55.8 Å². The van der Waals surface area contributed by atoms with Crippen LogP contribution in [0.15, 0.2) is 78.9 Å². The zero-order chi connectivity index (χ0) is 24.1. The minimum absolute atomic E-state index is 0.0686. The first-order chi connectivity index (χ1) is 16.5. The van der Waals surface area contributed by atoms with Crippen LogP contribution in [0.4, 0.5) is 11.4 Å². The van der Waals surface area contributed by atoms with Crippen molar-refractivity contribution in [3.05, 3.63) is 90.0 Å². The number of amides is 2. The molecule has 0 spiro atoms. The van der Waals surface area contributed by atoms with Gasteiger partial charge in [-0.05, 0) is 61.7 Å². The van der Waals surface area contributed by atoms with E-state index in [9.17, 15) is 9.59 Å².